The highest BCUT2D eigenvalue weighted by molar-refractivity contribution is 6.31. The molecule has 1 aromatic rings. The second-order valence-corrected chi connectivity index (χ2v) is 3.88. The molecule has 1 rings (SSSR count). The fourth-order valence-electron chi connectivity index (χ4n) is 0.898. The lowest BCUT2D eigenvalue weighted by Crippen LogP contribution is -2.36. The quantitative estimate of drug-likeness (QED) is 0.879. The highest BCUT2D eigenvalue weighted by Gasteiger charge is 2.32. The summed E-state index contributed by atoms with van der Waals surface area (Å²) in [6.45, 7) is 2.68. The van der Waals surface area contributed by atoms with Gasteiger partial charge in [-0.3, -0.25) is 4.68 Å². The van der Waals surface area contributed by atoms with Gasteiger partial charge in [0.1, 0.15) is 5.69 Å². The van der Waals surface area contributed by atoms with Crippen LogP contribution in [0.5, 0.6) is 0 Å². The molecule has 0 aliphatic heterocycles. The highest BCUT2D eigenvalue weighted by Crippen LogP contribution is 2.27. The Balaban J connectivity index is 3.18. The van der Waals surface area contributed by atoms with Crippen molar-refractivity contribution >= 4 is 17.6 Å². The summed E-state index contributed by atoms with van der Waals surface area (Å²) in [6.07, 6.45) is -1.74. The third kappa shape index (κ3) is 2.09. The van der Waals surface area contributed by atoms with Crippen LogP contribution in [0.4, 0.5) is 8.78 Å². The SMILES string of the molecule is CC(C)(C(=O)O)n1cc(Cl)c(C(F)F)n1. The molecule has 0 bridgehead atoms. The van der Waals surface area contributed by atoms with E-state index in [1.165, 1.54) is 13.8 Å². The van der Waals surface area contributed by atoms with Crippen LogP contribution in [0.2, 0.25) is 5.02 Å². The fourth-order valence-corrected chi connectivity index (χ4v) is 1.11. The van der Waals surface area contributed by atoms with Gasteiger partial charge < -0.3 is 5.11 Å². The van der Waals surface area contributed by atoms with Crippen molar-refractivity contribution in [2.75, 3.05) is 0 Å². The standard InChI is InChI=1S/C8H9ClF2N2O2/c1-8(2,7(14)15)13-3-4(9)5(12-13)6(10)11/h3,6H,1-2H3,(H,14,15). The molecule has 0 amide bonds. The van der Waals surface area contributed by atoms with Gasteiger partial charge in [-0.25, -0.2) is 13.6 Å². The molecule has 0 aliphatic carbocycles. The molecule has 1 heterocycles. The normalized spacial score (nSPS) is 12.1. The van der Waals surface area contributed by atoms with E-state index in [1.807, 2.05) is 0 Å². The summed E-state index contributed by atoms with van der Waals surface area (Å²) >= 11 is 5.49. The van der Waals surface area contributed by atoms with Gasteiger partial charge in [0, 0.05) is 6.20 Å². The number of nitrogens with zero attached hydrogens (tertiary/aromatic N) is 2. The highest BCUT2D eigenvalue weighted by atomic mass is 35.5. The minimum atomic E-state index is -2.82. The van der Waals surface area contributed by atoms with Gasteiger partial charge in [-0.15, -0.1) is 0 Å². The molecule has 15 heavy (non-hydrogen) atoms. The van der Waals surface area contributed by atoms with Crippen LogP contribution < -0.4 is 0 Å². The molecule has 0 aliphatic rings. The zero-order valence-corrected chi connectivity index (χ0v) is 8.79. The van der Waals surface area contributed by atoms with Crippen LogP contribution in [0.1, 0.15) is 26.0 Å². The first-order chi connectivity index (χ1) is 6.76. The molecular formula is C8H9ClF2N2O2. The number of halogens is 3. The molecule has 0 saturated heterocycles. The second-order valence-electron chi connectivity index (χ2n) is 3.47. The molecule has 0 saturated carbocycles. The zero-order chi connectivity index (χ0) is 11.8. The third-order valence-electron chi connectivity index (χ3n) is 2.00. The summed E-state index contributed by atoms with van der Waals surface area (Å²) in [5.41, 5.74) is -2.01. The maximum atomic E-state index is 12.3. The maximum absolute atomic E-state index is 12.3. The van der Waals surface area contributed by atoms with Gasteiger partial charge in [0.05, 0.1) is 5.02 Å². The van der Waals surface area contributed by atoms with Gasteiger partial charge in [0.25, 0.3) is 6.43 Å². The van der Waals surface area contributed by atoms with Crippen molar-refractivity contribution in [3.63, 3.8) is 0 Å². The van der Waals surface area contributed by atoms with Gasteiger partial charge in [0.15, 0.2) is 5.54 Å². The molecule has 0 unspecified atom stereocenters. The minimum absolute atomic E-state index is 0.237. The molecule has 0 aromatic carbocycles. The van der Waals surface area contributed by atoms with Gasteiger partial charge in [-0.05, 0) is 13.8 Å². The van der Waals surface area contributed by atoms with Crippen LogP contribution in [-0.2, 0) is 10.3 Å². The molecular weight excluding hydrogens is 230 g/mol. The number of carboxylic acids is 1. The first-order valence-electron chi connectivity index (χ1n) is 4.04. The lowest BCUT2D eigenvalue weighted by Gasteiger charge is -2.19. The van der Waals surface area contributed by atoms with Crippen LogP contribution in [0.25, 0.3) is 0 Å². The molecule has 0 spiro atoms. The smallest absolute Gasteiger partial charge is 0.331 e. The minimum Gasteiger partial charge on any atom is -0.479 e. The maximum Gasteiger partial charge on any atom is 0.331 e. The van der Waals surface area contributed by atoms with Crippen LogP contribution in [0.15, 0.2) is 6.20 Å². The summed E-state index contributed by atoms with van der Waals surface area (Å²) in [5.74, 6) is -1.18. The summed E-state index contributed by atoms with van der Waals surface area (Å²) < 4.78 is 25.6. The summed E-state index contributed by atoms with van der Waals surface area (Å²) in [5, 5.41) is 12.1. The Kier molecular flexibility index (Phi) is 2.99. The Labute approximate surface area is 89.5 Å². The predicted molar refractivity (Wildman–Crippen MR) is 49.2 cm³/mol. The fraction of sp³-hybridized carbons (Fsp3) is 0.500. The van der Waals surface area contributed by atoms with E-state index in [1.54, 1.807) is 0 Å². The molecule has 84 valence electrons. The molecule has 4 nitrogen and oxygen atoms in total. The second kappa shape index (κ2) is 3.77. The van der Waals surface area contributed by atoms with Gasteiger partial charge in [0.2, 0.25) is 0 Å². The zero-order valence-electron chi connectivity index (χ0n) is 8.04. The third-order valence-corrected chi connectivity index (χ3v) is 2.29. The van der Waals surface area contributed by atoms with E-state index in [0.717, 1.165) is 10.9 Å². The number of carboxylic acid groups (broad SMARTS) is 1. The van der Waals surface area contributed by atoms with E-state index in [4.69, 9.17) is 16.7 Å². The van der Waals surface area contributed by atoms with Gasteiger partial charge in [-0.2, -0.15) is 5.10 Å². The Bertz CT molecular complexity index is 390. The number of aromatic nitrogens is 2. The molecule has 0 fully saturated rings. The van der Waals surface area contributed by atoms with Crippen LogP contribution >= 0.6 is 11.6 Å². The first-order valence-corrected chi connectivity index (χ1v) is 4.41. The van der Waals surface area contributed by atoms with E-state index in [-0.39, 0.29) is 5.02 Å². The molecule has 0 atom stereocenters. The Hall–Kier alpha value is -1.17. The molecule has 1 aromatic heterocycles. The van der Waals surface area contributed by atoms with Crippen molar-refractivity contribution in [2.24, 2.45) is 0 Å². The summed E-state index contributed by atoms with van der Waals surface area (Å²) in [4.78, 5) is 10.8. The number of aliphatic carboxylic acids is 1. The van der Waals surface area contributed by atoms with Crippen molar-refractivity contribution in [3.05, 3.63) is 16.9 Å². The largest absolute Gasteiger partial charge is 0.479 e. The van der Waals surface area contributed by atoms with Crippen molar-refractivity contribution in [1.29, 1.82) is 0 Å². The van der Waals surface area contributed by atoms with E-state index < -0.39 is 23.6 Å². The van der Waals surface area contributed by atoms with Crippen molar-refractivity contribution in [1.82, 2.24) is 9.78 Å². The van der Waals surface area contributed by atoms with Crippen molar-refractivity contribution in [3.8, 4) is 0 Å². The lowest BCUT2D eigenvalue weighted by atomic mass is 10.1. The molecule has 1 N–H and O–H groups in total. The number of hydrogen-bond donors (Lipinski definition) is 1. The lowest BCUT2D eigenvalue weighted by molar-refractivity contribution is -0.146. The topological polar surface area (TPSA) is 55.1 Å². The first kappa shape index (κ1) is 11.9. The predicted octanol–water partition coefficient (Wildman–Crippen LogP) is 2.29. The molecule has 7 heteroatoms. The Morgan fingerprint density at radius 1 is 1.67 bits per heavy atom. The number of hydrogen-bond acceptors (Lipinski definition) is 2. The van der Waals surface area contributed by atoms with E-state index in [9.17, 15) is 13.6 Å². The van der Waals surface area contributed by atoms with Gasteiger partial charge in [-0.1, -0.05) is 11.6 Å². The molecule has 0 radical (unpaired) electrons. The van der Waals surface area contributed by atoms with Crippen LogP contribution in [0, 0.1) is 0 Å². The summed E-state index contributed by atoms with van der Waals surface area (Å²) in [7, 11) is 0. The number of carbonyl (C=O) groups is 1. The Morgan fingerprint density at radius 2 is 2.20 bits per heavy atom. The van der Waals surface area contributed by atoms with Gasteiger partial charge >= 0.3 is 5.97 Å². The average Bonchev–Trinajstić information content (AvgIpc) is 2.47. The summed E-state index contributed by atoms with van der Waals surface area (Å²) in [6, 6.07) is 0. The van der Waals surface area contributed by atoms with Crippen LogP contribution in [-0.4, -0.2) is 20.9 Å². The number of rotatable bonds is 3. The van der Waals surface area contributed by atoms with Crippen molar-refractivity contribution < 1.29 is 18.7 Å². The van der Waals surface area contributed by atoms with E-state index in [2.05, 4.69) is 5.10 Å². The van der Waals surface area contributed by atoms with E-state index >= 15 is 0 Å². The van der Waals surface area contributed by atoms with Crippen molar-refractivity contribution in [2.45, 2.75) is 25.8 Å². The number of alkyl halides is 2. The Morgan fingerprint density at radius 3 is 2.53 bits per heavy atom. The van der Waals surface area contributed by atoms with Crippen LogP contribution in [0.3, 0.4) is 0 Å². The van der Waals surface area contributed by atoms with E-state index in [0.29, 0.717) is 0 Å². The average molecular weight is 239 g/mol. The monoisotopic (exact) mass is 238 g/mol.